The predicted molar refractivity (Wildman–Crippen MR) is 118 cm³/mol. The molecule has 0 spiro atoms. The number of nitrogens with one attached hydrogen (secondary N) is 1. The van der Waals surface area contributed by atoms with Gasteiger partial charge in [0.05, 0.1) is 12.1 Å². The van der Waals surface area contributed by atoms with Crippen molar-refractivity contribution in [1.29, 1.82) is 0 Å². The zero-order valence-corrected chi connectivity index (χ0v) is 19.9. The number of carbonyl (C=O) groups excluding carboxylic acids is 2. The van der Waals surface area contributed by atoms with Crippen molar-refractivity contribution in [1.82, 2.24) is 10.3 Å². The first-order valence-electron chi connectivity index (χ1n) is 10.0. The molecular weight excluding hydrogens is 561 g/mol. The van der Waals surface area contributed by atoms with Gasteiger partial charge in [0.1, 0.15) is 23.7 Å². The van der Waals surface area contributed by atoms with Crippen molar-refractivity contribution in [2.45, 2.75) is 12.3 Å². The topological polar surface area (TPSA) is 117 Å². The summed E-state index contributed by atoms with van der Waals surface area (Å²) in [7, 11) is 1.50. The van der Waals surface area contributed by atoms with E-state index in [1.54, 1.807) is 0 Å². The van der Waals surface area contributed by atoms with Crippen molar-refractivity contribution in [2.75, 3.05) is 20.2 Å². The summed E-state index contributed by atoms with van der Waals surface area (Å²) in [6, 6.07) is 5.66. The van der Waals surface area contributed by atoms with Crippen LogP contribution in [0.2, 0.25) is 0 Å². The summed E-state index contributed by atoms with van der Waals surface area (Å²) < 4.78 is 83.2. The fourth-order valence-corrected chi connectivity index (χ4v) is 3.46. The van der Waals surface area contributed by atoms with E-state index in [1.165, 1.54) is 7.05 Å². The van der Waals surface area contributed by atoms with E-state index < -0.39 is 59.3 Å². The summed E-state index contributed by atoms with van der Waals surface area (Å²) in [6.07, 6.45) is -5.95. The van der Waals surface area contributed by atoms with E-state index in [1.807, 2.05) is 0 Å². The summed E-state index contributed by atoms with van der Waals surface area (Å²) in [5.74, 6) is -5.59. The zero-order chi connectivity index (χ0) is 26.6. The van der Waals surface area contributed by atoms with Gasteiger partial charge >= 0.3 is 12.1 Å². The van der Waals surface area contributed by atoms with Gasteiger partial charge in [-0.15, -0.1) is 0 Å². The van der Waals surface area contributed by atoms with Crippen LogP contribution in [-0.2, 0) is 15.7 Å². The third kappa shape index (κ3) is 6.18. The van der Waals surface area contributed by atoms with Crippen LogP contribution < -0.4 is 15.8 Å². The number of halogens is 6. The van der Waals surface area contributed by atoms with Crippen molar-refractivity contribution >= 4 is 27.8 Å². The highest BCUT2D eigenvalue weighted by molar-refractivity contribution is 9.10. The van der Waals surface area contributed by atoms with Gasteiger partial charge in [-0.2, -0.15) is 13.2 Å². The highest BCUT2D eigenvalue weighted by atomic mass is 79.9. The van der Waals surface area contributed by atoms with E-state index >= 15 is 0 Å². The molecule has 3 aromatic rings. The third-order valence-corrected chi connectivity index (χ3v) is 5.19. The highest BCUT2D eigenvalue weighted by Crippen LogP contribution is 2.35. The number of alkyl halides is 3. The molecule has 0 radical (unpaired) electrons. The van der Waals surface area contributed by atoms with E-state index in [9.17, 15) is 31.5 Å². The average molecular weight is 578 g/mol. The van der Waals surface area contributed by atoms with Crippen LogP contribution in [0.25, 0.3) is 11.3 Å². The molecule has 3 N–H and O–H groups in total. The van der Waals surface area contributed by atoms with Gasteiger partial charge in [0, 0.05) is 5.56 Å². The van der Waals surface area contributed by atoms with Gasteiger partial charge in [-0.05, 0) is 47.2 Å². The Morgan fingerprint density at radius 1 is 1.17 bits per heavy atom. The molecule has 14 heteroatoms. The molecule has 2 aromatic carbocycles. The number of ether oxygens (including phenoxy) is 2. The first kappa shape index (κ1) is 27.1. The lowest BCUT2D eigenvalue weighted by Gasteiger charge is -2.17. The minimum Gasteiger partial charge on any atom is -0.474 e. The molecule has 36 heavy (non-hydrogen) atoms. The lowest BCUT2D eigenvalue weighted by Crippen LogP contribution is -2.25. The SMILES string of the molecule is CNCC(=O)OCC(Oc1ccc(F)c(C(N)=O)c1F)c1nc(-c2ccc(C(F)(F)F)cc2)c(Br)o1. The van der Waals surface area contributed by atoms with E-state index in [-0.39, 0.29) is 28.4 Å². The summed E-state index contributed by atoms with van der Waals surface area (Å²) in [5, 5.41) is 2.57. The second-order valence-corrected chi connectivity index (χ2v) is 7.89. The molecule has 0 aliphatic rings. The van der Waals surface area contributed by atoms with Gasteiger partial charge in [-0.25, -0.2) is 13.8 Å². The molecule has 0 aliphatic carbocycles. The molecule has 8 nitrogen and oxygen atoms in total. The fraction of sp³-hybridized carbons (Fsp3) is 0.227. The summed E-state index contributed by atoms with van der Waals surface area (Å²) in [4.78, 5) is 27.4. The number of rotatable bonds is 9. The molecule has 1 heterocycles. The number of oxazole rings is 1. The van der Waals surface area contributed by atoms with Crippen LogP contribution in [0.1, 0.15) is 27.9 Å². The highest BCUT2D eigenvalue weighted by Gasteiger charge is 2.31. The van der Waals surface area contributed by atoms with E-state index in [2.05, 4.69) is 26.2 Å². The van der Waals surface area contributed by atoms with Crippen LogP contribution in [0.5, 0.6) is 5.75 Å². The number of benzene rings is 2. The van der Waals surface area contributed by atoms with Crippen LogP contribution in [0.4, 0.5) is 22.0 Å². The fourth-order valence-electron chi connectivity index (χ4n) is 2.97. The molecule has 1 aromatic heterocycles. The molecule has 0 saturated heterocycles. The molecule has 1 unspecified atom stereocenters. The van der Waals surface area contributed by atoms with Crippen LogP contribution in [-0.4, -0.2) is 37.1 Å². The number of likely N-dealkylation sites (N-methyl/N-ethyl adjacent to an activating group) is 1. The molecular formula is C22H17BrF5N3O5. The number of esters is 1. The van der Waals surface area contributed by atoms with Crippen molar-refractivity contribution < 1.29 is 45.4 Å². The second kappa shape index (κ2) is 11.0. The molecule has 192 valence electrons. The van der Waals surface area contributed by atoms with Crippen LogP contribution in [0, 0.1) is 11.6 Å². The van der Waals surface area contributed by atoms with Gasteiger partial charge < -0.3 is 24.9 Å². The molecule has 1 atom stereocenters. The second-order valence-electron chi connectivity index (χ2n) is 7.17. The van der Waals surface area contributed by atoms with Gasteiger partial charge in [0.2, 0.25) is 12.0 Å². The van der Waals surface area contributed by atoms with E-state index in [4.69, 9.17) is 19.6 Å². The summed E-state index contributed by atoms with van der Waals surface area (Å²) >= 11 is 3.12. The maximum absolute atomic E-state index is 14.7. The number of primary amides is 1. The van der Waals surface area contributed by atoms with E-state index in [0.29, 0.717) is 0 Å². The number of amides is 1. The van der Waals surface area contributed by atoms with Gasteiger partial charge in [0.25, 0.3) is 5.91 Å². The van der Waals surface area contributed by atoms with Crippen LogP contribution in [0.3, 0.4) is 0 Å². The monoisotopic (exact) mass is 577 g/mol. The lowest BCUT2D eigenvalue weighted by atomic mass is 10.1. The Bertz CT molecular complexity index is 1260. The Labute approximate surface area is 208 Å². The first-order valence-corrected chi connectivity index (χ1v) is 10.8. The normalized spacial score (nSPS) is 12.3. The Morgan fingerprint density at radius 3 is 2.42 bits per heavy atom. The predicted octanol–water partition coefficient (Wildman–Crippen LogP) is 4.38. The largest absolute Gasteiger partial charge is 0.474 e. The van der Waals surface area contributed by atoms with Gasteiger partial charge in [-0.1, -0.05) is 12.1 Å². The van der Waals surface area contributed by atoms with Crippen molar-refractivity contribution in [2.24, 2.45) is 5.73 Å². The average Bonchev–Trinajstić information content (AvgIpc) is 3.19. The Balaban J connectivity index is 1.97. The molecule has 0 bridgehead atoms. The van der Waals surface area contributed by atoms with Gasteiger partial charge in [-0.3, -0.25) is 9.59 Å². The van der Waals surface area contributed by atoms with Crippen LogP contribution in [0.15, 0.2) is 45.5 Å². The molecule has 0 aliphatic heterocycles. The number of aromatic nitrogens is 1. The zero-order valence-electron chi connectivity index (χ0n) is 18.3. The minimum absolute atomic E-state index is 0.00943. The quantitative estimate of drug-likeness (QED) is 0.286. The maximum atomic E-state index is 14.7. The summed E-state index contributed by atoms with van der Waals surface area (Å²) in [6.45, 7) is -0.724. The number of nitrogens with two attached hydrogens (primary N) is 1. The standard InChI is InChI=1S/C22H17BrF5N3O5/c1-30-8-15(32)34-9-14(35-13-7-6-12(24)16(17(13)25)20(29)33)21-31-18(19(23)36-21)10-2-4-11(5-3-10)22(26,27)28/h2-7,14,30H,8-9H2,1H3,(H2,29,33). The third-order valence-electron chi connectivity index (χ3n) is 4.65. The molecule has 0 fully saturated rings. The van der Waals surface area contributed by atoms with Gasteiger partial charge in [0.15, 0.2) is 16.2 Å². The Morgan fingerprint density at radius 2 is 1.83 bits per heavy atom. The number of carbonyl (C=O) groups is 2. The number of hydrogen-bond donors (Lipinski definition) is 2. The first-order chi connectivity index (χ1) is 16.9. The minimum atomic E-state index is -4.54. The number of hydrogen-bond acceptors (Lipinski definition) is 7. The van der Waals surface area contributed by atoms with Crippen molar-refractivity contribution in [3.05, 3.63) is 69.7 Å². The van der Waals surface area contributed by atoms with E-state index in [0.717, 1.165) is 36.4 Å². The van der Waals surface area contributed by atoms with Crippen LogP contribution >= 0.6 is 15.9 Å². The summed E-state index contributed by atoms with van der Waals surface area (Å²) in [5.41, 5.74) is 3.42. The van der Waals surface area contributed by atoms with Crippen molar-refractivity contribution in [3.8, 4) is 17.0 Å². The Hall–Kier alpha value is -3.52. The molecule has 1 amide bonds. The molecule has 3 rings (SSSR count). The number of nitrogens with zero attached hydrogens (tertiary/aromatic N) is 1. The molecule has 0 saturated carbocycles. The Kier molecular flexibility index (Phi) is 8.30. The lowest BCUT2D eigenvalue weighted by molar-refractivity contribution is -0.145. The smallest absolute Gasteiger partial charge is 0.416 e. The maximum Gasteiger partial charge on any atom is 0.416 e. The van der Waals surface area contributed by atoms with Crippen molar-refractivity contribution in [3.63, 3.8) is 0 Å².